The molecule has 0 unspecified atom stereocenters. The molecule has 5 nitrogen and oxygen atoms in total. The first-order valence-electron chi connectivity index (χ1n) is 6.98. The lowest BCUT2D eigenvalue weighted by Crippen LogP contribution is -2.35. The van der Waals surface area contributed by atoms with Gasteiger partial charge >= 0.3 is 5.97 Å². The van der Waals surface area contributed by atoms with Crippen LogP contribution < -0.4 is 10.6 Å². The Labute approximate surface area is 191 Å². The molecule has 0 saturated carbocycles. The van der Waals surface area contributed by atoms with Gasteiger partial charge in [-0.1, -0.05) is 11.6 Å². The van der Waals surface area contributed by atoms with Crippen molar-refractivity contribution in [2.45, 2.75) is 4.90 Å². The third kappa shape index (κ3) is 6.51. The highest BCUT2D eigenvalue weighted by atomic mass is 127. The van der Waals surface area contributed by atoms with E-state index >= 15 is 0 Å². The molecule has 0 spiro atoms. The number of hydrogen-bond acceptors (Lipinski definition) is 4. The van der Waals surface area contributed by atoms with Crippen molar-refractivity contribution < 1.29 is 14.7 Å². The van der Waals surface area contributed by atoms with Gasteiger partial charge in [0.05, 0.1) is 17.0 Å². The molecule has 0 aliphatic rings. The Morgan fingerprint density at radius 1 is 1.19 bits per heavy atom. The summed E-state index contributed by atoms with van der Waals surface area (Å²) < 4.78 is 1.49. The number of thiocarbonyl (C=S) groups is 1. The summed E-state index contributed by atoms with van der Waals surface area (Å²) in [7, 11) is 0. The van der Waals surface area contributed by atoms with Crippen LogP contribution in [-0.4, -0.2) is 27.8 Å². The minimum atomic E-state index is -1.07. The van der Waals surface area contributed by atoms with E-state index in [1.807, 2.05) is 63.4 Å². The molecule has 0 bridgehead atoms. The van der Waals surface area contributed by atoms with Crippen LogP contribution in [0.5, 0.6) is 0 Å². The number of carboxylic acids is 1. The van der Waals surface area contributed by atoms with E-state index in [2.05, 4.69) is 10.6 Å². The quantitative estimate of drug-likeness (QED) is 0.249. The molecular weight excluding hydrogens is 622 g/mol. The van der Waals surface area contributed by atoms with Crippen molar-refractivity contribution in [3.8, 4) is 0 Å². The lowest BCUT2D eigenvalue weighted by atomic mass is 10.2. The molecule has 0 radical (unpaired) electrons. The molecular formula is C16H11ClI2N2O3S2. The van der Waals surface area contributed by atoms with Crippen molar-refractivity contribution in [2.24, 2.45) is 0 Å². The highest BCUT2D eigenvalue weighted by Gasteiger charge is 2.16. The van der Waals surface area contributed by atoms with Crippen molar-refractivity contribution in [1.82, 2.24) is 5.32 Å². The molecule has 1 amide bonds. The van der Waals surface area contributed by atoms with E-state index in [-0.39, 0.29) is 22.3 Å². The van der Waals surface area contributed by atoms with Crippen LogP contribution in [0, 0.1) is 7.14 Å². The predicted octanol–water partition coefficient (Wildman–Crippen LogP) is 4.85. The van der Waals surface area contributed by atoms with Gasteiger partial charge in [0.2, 0.25) is 5.91 Å². The number of hydrogen-bond donors (Lipinski definition) is 3. The molecule has 0 saturated heterocycles. The summed E-state index contributed by atoms with van der Waals surface area (Å²) in [6.45, 7) is 0. The fourth-order valence-electron chi connectivity index (χ4n) is 1.86. The number of halogens is 3. The Morgan fingerprint density at radius 2 is 1.85 bits per heavy atom. The standard InChI is InChI=1S/C16H11ClI2N2O3S2/c17-8-1-3-10(4-2-8)26-7-13(22)20-16(25)21-14-11(15(23)24)5-9(18)6-12(14)19/h1-6H,7H2,(H,23,24)(H2,20,21,22,25). The summed E-state index contributed by atoms with van der Waals surface area (Å²) in [5.74, 6) is -1.20. The number of rotatable bonds is 5. The van der Waals surface area contributed by atoms with E-state index in [1.54, 1.807) is 12.1 Å². The molecule has 0 aromatic heterocycles. The van der Waals surface area contributed by atoms with Gasteiger partial charge in [-0.05, 0) is 93.8 Å². The Hall–Kier alpha value is -0.630. The van der Waals surface area contributed by atoms with E-state index in [9.17, 15) is 14.7 Å². The second-order valence-corrected chi connectivity index (χ2v) is 9.16. The highest BCUT2D eigenvalue weighted by Crippen LogP contribution is 2.26. The van der Waals surface area contributed by atoms with E-state index < -0.39 is 5.97 Å². The van der Waals surface area contributed by atoms with Gasteiger partial charge in [-0.15, -0.1) is 11.8 Å². The average Bonchev–Trinajstić information content (AvgIpc) is 2.56. The number of amides is 1. The topological polar surface area (TPSA) is 78.4 Å². The lowest BCUT2D eigenvalue weighted by molar-refractivity contribution is -0.117. The first kappa shape index (κ1) is 21.7. The Morgan fingerprint density at radius 3 is 2.46 bits per heavy atom. The largest absolute Gasteiger partial charge is 0.478 e. The fraction of sp³-hybridized carbons (Fsp3) is 0.0625. The zero-order valence-corrected chi connectivity index (χ0v) is 19.6. The smallest absolute Gasteiger partial charge is 0.337 e. The third-order valence-corrected chi connectivity index (χ3v) is 5.90. The second-order valence-electron chi connectivity index (χ2n) is 4.86. The number of thioether (sulfide) groups is 1. The van der Waals surface area contributed by atoms with E-state index in [4.69, 9.17) is 23.8 Å². The molecule has 3 N–H and O–H groups in total. The minimum absolute atomic E-state index is 0.0494. The molecule has 0 fully saturated rings. The Bertz CT molecular complexity index is 863. The number of carbonyl (C=O) groups is 2. The molecule has 2 rings (SSSR count). The zero-order chi connectivity index (χ0) is 19.3. The van der Waals surface area contributed by atoms with Crippen LogP contribution in [0.3, 0.4) is 0 Å². The minimum Gasteiger partial charge on any atom is -0.478 e. The molecule has 136 valence electrons. The predicted molar refractivity (Wildman–Crippen MR) is 125 cm³/mol. The van der Waals surface area contributed by atoms with Crippen LogP contribution >= 0.6 is 80.8 Å². The van der Waals surface area contributed by atoms with E-state index in [0.29, 0.717) is 14.3 Å². The van der Waals surface area contributed by atoms with Crippen LogP contribution in [-0.2, 0) is 4.79 Å². The first-order valence-corrected chi connectivity index (χ1v) is 10.9. The molecule has 0 heterocycles. The average molecular weight is 633 g/mol. The van der Waals surface area contributed by atoms with Crippen LogP contribution in [0.15, 0.2) is 41.3 Å². The molecule has 0 aliphatic carbocycles. The van der Waals surface area contributed by atoms with Crippen molar-refractivity contribution in [2.75, 3.05) is 11.1 Å². The molecule has 2 aromatic carbocycles. The maximum atomic E-state index is 12.0. The summed E-state index contributed by atoms with van der Waals surface area (Å²) in [6.07, 6.45) is 0. The van der Waals surface area contributed by atoms with Crippen LogP contribution in [0.25, 0.3) is 0 Å². The SMILES string of the molecule is O=C(CSc1ccc(Cl)cc1)NC(=S)Nc1c(I)cc(I)cc1C(=O)O. The Kier molecular flexibility index (Phi) is 8.39. The number of nitrogens with one attached hydrogen (secondary N) is 2. The van der Waals surface area contributed by atoms with Gasteiger partial charge in [0.15, 0.2) is 5.11 Å². The zero-order valence-electron chi connectivity index (χ0n) is 12.9. The van der Waals surface area contributed by atoms with Crippen LogP contribution in [0.2, 0.25) is 5.02 Å². The molecule has 26 heavy (non-hydrogen) atoms. The van der Waals surface area contributed by atoms with Gasteiger partial charge in [0.25, 0.3) is 0 Å². The van der Waals surface area contributed by atoms with E-state index in [1.165, 1.54) is 17.8 Å². The monoisotopic (exact) mass is 632 g/mol. The van der Waals surface area contributed by atoms with Gasteiger partial charge in [-0.3, -0.25) is 4.79 Å². The molecule has 2 aromatic rings. The maximum absolute atomic E-state index is 12.0. The van der Waals surface area contributed by atoms with Crippen molar-refractivity contribution in [1.29, 1.82) is 0 Å². The van der Waals surface area contributed by atoms with Crippen molar-refractivity contribution in [3.63, 3.8) is 0 Å². The van der Waals surface area contributed by atoms with Gasteiger partial charge in [-0.25, -0.2) is 4.79 Å². The second kappa shape index (κ2) is 10.1. The molecule has 0 aliphatic heterocycles. The van der Waals surface area contributed by atoms with Gasteiger partial charge in [-0.2, -0.15) is 0 Å². The molecule has 0 atom stereocenters. The summed E-state index contributed by atoms with van der Waals surface area (Å²) in [4.78, 5) is 24.4. The van der Waals surface area contributed by atoms with Crippen LogP contribution in [0.1, 0.15) is 10.4 Å². The van der Waals surface area contributed by atoms with Crippen molar-refractivity contribution >= 4 is 103 Å². The number of aromatic carboxylic acids is 1. The number of anilines is 1. The third-order valence-electron chi connectivity index (χ3n) is 2.96. The Balaban J connectivity index is 1.97. The van der Waals surface area contributed by atoms with Gasteiger partial charge in [0, 0.05) is 17.1 Å². The normalized spacial score (nSPS) is 10.3. The van der Waals surface area contributed by atoms with Crippen molar-refractivity contribution in [3.05, 3.63) is 54.1 Å². The molecule has 10 heteroatoms. The summed E-state index contributed by atoms with van der Waals surface area (Å²) in [5, 5.41) is 15.4. The number of carbonyl (C=O) groups excluding carboxylic acids is 1. The highest BCUT2D eigenvalue weighted by molar-refractivity contribution is 14.1. The van der Waals surface area contributed by atoms with Gasteiger partial charge in [0.1, 0.15) is 0 Å². The first-order chi connectivity index (χ1) is 12.3. The summed E-state index contributed by atoms with van der Waals surface area (Å²) >= 11 is 16.4. The fourth-order valence-corrected chi connectivity index (χ4v) is 4.88. The van der Waals surface area contributed by atoms with Crippen LogP contribution in [0.4, 0.5) is 5.69 Å². The number of carboxylic acid groups (broad SMARTS) is 1. The lowest BCUT2D eigenvalue weighted by Gasteiger charge is -2.14. The maximum Gasteiger partial charge on any atom is 0.337 e. The number of benzene rings is 2. The van der Waals surface area contributed by atoms with E-state index in [0.717, 1.165) is 8.47 Å². The summed E-state index contributed by atoms with van der Waals surface area (Å²) in [6, 6.07) is 10.5. The summed E-state index contributed by atoms with van der Waals surface area (Å²) in [5.41, 5.74) is 0.447. The van der Waals surface area contributed by atoms with Gasteiger partial charge < -0.3 is 15.7 Å².